The van der Waals surface area contributed by atoms with Crippen LogP contribution in [0.1, 0.15) is 44.6 Å². The molecule has 0 saturated carbocycles. The highest BCUT2D eigenvalue weighted by molar-refractivity contribution is 7.99. The molecule has 0 radical (unpaired) electrons. The third kappa shape index (κ3) is 3.45. The molecule has 1 aliphatic rings. The quantitative estimate of drug-likeness (QED) is 0.481. The molecule has 0 bridgehead atoms. The number of thiophene rings is 1. The largest absolute Gasteiger partial charge is 0.465 e. The minimum atomic E-state index is -0.241. The second-order valence-corrected chi connectivity index (χ2v) is 10.0. The van der Waals surface area contributed by atoms with E-state index in [1.807, 2.05) is 4.40 Å². The maximum absolute atomic E-state index is 11.6. The predicted octanol–water partition coefficient (Wildman–Crippen LogP) is 4.15. The standard InChI is InChI=1S/C19H24N4O2S2/c1-5-25-14(24)9-26-18-22-21-16-15-12-7-6-11(19(2,3)4)8-13(12)27-17(15)20-10-23(16)18/h10-11H,5-9H2,1-4H3/t11-/m1/s1. The Morgan fingerprint density at radius 2 is 2.22 bits per heavy atom. The Kier molecular flexibility index (Phi) is 4.88. The molecule has 3 aromatic heterocycles. The smallest absolute Gasteiger partial charge is 0.316 e. The number of ether oxygens (including phenoxy) is 1. The second kappa shape index (κ2) is 7.05. The highest BCUT2D eigenvalue weighted by Crippen LogP contribution is 2.43. The summed E-state index contributed by atoms with van der Waals surface area (Å²) in [6, 6.07) is 0. The van der Waals surface area contributed by atoms with Crippen molar-refractivity contribution >= 4 is 44.9 Å². The Morgan fingerprint density at radius 3 is 2.96 bits per heavy atom. The number of nitrogens with zero attached hydrogens (tertiary/aromatic N) is 4. The fourth-order valence-electron chi connectivity index (χ4n) is 3.72. The van der Waals surface area contributed by atoms with Crippen molar-refractivity contribution < 1.29 is 9.53 Å². The van der Waals surface area contributed by atoms with Crippen LogP contribution in [0.3, 0.4) is 0 Å². The number of fused-ring (bicyclic) bond motifs is 5. The third-order valence-corrected chi connectivity index (χ3v) is 7.35. The zero-order valence-electron chi connectivity index (χ0n) is 16.1. The number of carbonyl (C=O) groups is 1. The number of hydrogen-bond donors (Lipinski definition) is 0. The van der Waals surface area contributed by atoms with E-state index in [2.05, 4.69) is 36.0 Å². The lowest BCUT2D eigenvalue weighted by Crippen LogP contribution is -2.26. The van der Waals surface area contributed by atoms with Crippen molar-refractivity contribution in [2.24, 2.45) is 11.3 Å². The summed E-state index contributed by atoms with van der Waals surface area (Å²) in [5, 5.41) is 10.5. The van der Waals surface area contributed by atoms with Crippen molar-refractivity contribution in [3.05, 3.63) is 16.8 Å². The molecule has 0 unspecified atom stereocenters. The van der Waals surface area contributed by atoms with Crippen LogP contribution in [-0.4, -0.2) is 37.9 Å². The van der Waals surface area contributed by atoms with E-state index in [0.29, 0.717) is 23.1 Å². The molecule has 0 N–H and O–H groups in total. The number of hydrogen-bond acceptors (Lipinski definition) is 7. The number of thioether (sulfide) groups is 1. The summed E-state index contributed by atoms with van der Waals surface area (Å²) >= 11 is 3.13. The molecule has 3 heterocycles. The van der Waals surface area contributed by atoms with Crippen LogP contribution < -0.4 is 0 Å². The summed E-state index contributed by atoms with van der Waals surface area (Å²) in [5.41, 5.74) is 2.56. The zero-order chi connectivity index (χ0) is 19.2. The molecule has 144 valence electrons. The van der Waals surface area contributed by atoms with Gasteiger partial charge in [0.1, 0.15) is 11.2 Å². The summed E-state index contributed by atoms with van der Waals surface area (Å²) in [6.45, 7) is 9.19. The van der Waals surface area contributed by atoms with Gasteiger partial charge in [-0.15, -0.1) is 21.5 Å². The zero-order valence-corrected chi connectivity index (χ0v) is 17.7. The van der Waals surface area contributed by atoms with E-state index in [9.17, 15) is 4.79 Å². The summed E-state index contributed by atoms with van der Waals surface area (Å²) in [5.74, 6) is 0.680. The number of aryl methyl sites for hydroxylation is 1. The van der Waals surface area contributed by atoms with Gasteiger partial charge in [0.2, 0.25) is 0 Å². The molecule has 0 aliphatic heterocycles. The van der Waals surface area contributed by atoms with Gasteiger partial charge in [-0.3, -0.25) is 9.20 Å². The van der Waals surface area contributed by atoms with Gasteiger partial charge in [0.15, 0.2) is 10.8 Å². The first-order valence-electron chi connectivity index (χ1n) is 9.31. The van der Waals surface area contributed by atoms with Crippen LogP contribution in [0.25, 0.3) is 15.9 Å². The van der Waals surface area contributed by atoms with E-state index >= 15 is 0 Å². The normalized spacial score (nSPS) is 17.4. The molecular weight excluding hydrogens is 380 g/mol. The van der Waals surface area contributed by atoms with E-state index in [-0.39, 0.29) is 11.7 Å². The number of carbonyl (C=O) groups excluding carboxylic acids is 1. The summed E-state index contributed by atoms with van der Waals surface area (Å²) in [6.07, 6.45) is 5.15. The minimum Gasteiger partial charge on any atom is -0.465 e. The molecule has 1 aliphatic carbocycles. The molecule has 6 nitrogen and oxygen atoms in total. The fraction of sp³-hybridized carbons (Fsp3) is 0.579. The number of rotatable bonds is 4. The Balaban J connectivity index is 1.69. The summed E-state index contributed by atoms with van der Waals surface area (Å²) in [4.78, 5) is 18.8. The molecule has 27 heavy (non-hydrogen) atoms. The lowest BCUT2D eigenvalue weighted by molar-refractivity contribution is -0.139. The highest BCUT2D eigenvalue weighted by atomic mass is 32.2. The van der Waals surface area contributed by atoms with Crippen molar-refractivity contribution in [2.45, 2.75) is 52.1 Å². The predicted molar refractivity (Wildman–Crippen MR) is 108 cm³/mol. The third-order valence-electron chi connectivity index (χ3n) is 5.27. The fourth-order valence-corrected chi connectivity index (χ4v) is 5.68. The van der Waals surface area contributed by atoms with Gasteiger partial charge in [0.25, 0.3) is 0 Å². The van der Waals surface area contributed by atoms with E-state index in [4.69, 9.17) is 4.74 Å². The molecular formula is C19H24N4O2S2. The van der Waals surface area contributed by atoms with Gasteiger partial charge in [-0.1, -0.05) is 32.5 Å². The van der Waals surface area contributed by atoms with Crippen LogP contribution in [0.4, 0.5) is 0 Å². The van der Waals surface area contributed by atoms with E-state index in [1.165, 1.54) is 28.6 Å². The van der Waals surface area contributed by atoms with Crippen LogP contribution in [0.15, 0.2) is 11.5 Å². The first kappa shape index (κ1) is 18.7. The van der Waals surface area contributed by atoms with Gasteiger partial charge in [0, 0.05) is 4.88 Å². The van der Waals surface area contributed by atoms with Crippen LogP contribution in [0.2, 0.25) is 0 Å². The average molecular weight is 405 g/mol. The minimum absolute atomic E-state index is 0.224. The number of aromatic nitrogens is 4. The first-order chi connectivity index (χ1) is 12.9. The highest BCUT2D eigenvalue weighted by Gasteiger charge is 2.31. The molecule has 3 aromatic rings. The SMILES string of the molecule is CCOC(=O)CSc1nnc2c3c4c(sc3ncn12)C[C@H](C(C)(C)C)CC4. The lowest BCUT2D eigenvalue weighted by Gasteiger charge is -2.33. The summed E-state index contributed by atoms with van der Waals surface area (Å²) in [7, 11) is 0. The van der Waals surface area contributed by atoms with Gasteiger partial charge < -0.3 is 4.74 Å². The monoisotopic (exact) mass is 404 g/mol. The molecule has 0 aromatic carbocycles. The van der Waals surface area contributed by atoms with Gasteiger partial charge in [0.05, 0.1) is 17.7 Å². The molecule has 0 fully saturated rings. The molecule has 0 saturated heterocycles. The van der Waals surface area contributed by atoms with Crippen LogP contribution in [0, 0.1) is 11.3 Å². The van der Waals surface area contributed by atoms with Crippen LogP contribution >= 0.6 is 23.1 Å². The average Bonchev–Trinajstić information content (AvgIpc) is 3.19. The Morgan fingerprint density at radius 1 is 1.41 bits per heavy atom. The molecule has 0 amide bonds. The maximum atomic E-state index is 11.6. The Hall–Kier alpha value is -1.67. The van der Waals surface area contributed by atoms with Crippen molar-refractivity contribution in [3.63, 3.8) is 0 Å². The molecule has 1 atom stereocenters. The second-order valence-electron chi connectivity index (χ2n) is 8.00. The van der Waals surface area contributed by atoms with Crippen molar-refractivity contribution in [1.82, 2.24) is 19.6 Å². The Labute approximate surface area is 166 Å². The summed E-state index contributed by atoms with van der Waals surface area (Å²) < 4.78 is 6.89. The van der Waals surface area contributed by atoms with Crippen molar-refractivity contribution in [2.75, 3.05) is 12.4 Å². The Bertz CT molecular complexity index is 1000. The van der Waals surface area contributed by atoms with Gasteiger partial charge >= 0.3 is 5.97 Å². The maximum Gasteiger partial charge on any atom is 0.316 e. The van der Waals surface area contributed by atoms with Gasteiger partial charge in [-0.05, 0) is 43.1 Å². The van der Waals surface area contributed by atoms with Crippen LogP contribution in [-0.2, 0) is 22.4 Å². The van der Waals surface area contributed by atoms with E-state index < -0.39 is 0 Å². The van der Waals surface area contributed by atoms with E-state index in [1.54, 1.807) is 24.6 Å². The number of esters is 1. The van der Waals surface area contributed by atoms with Crippen molar-refractivity contribution in [1.29, 1.82) is 0 Å². The molecule has 8 heteroatoms. The first-order valence-corrected chi connectivity index (χ1v) is 11.1. The van der Waals surface area contributed by atoms with Gasteiger partial charge in [-0.25, -0.2) is 4.98 Å². The van der Waals surface area contributed by atoms with Gasteiger partial charge in [-0.2, -0.15) is 0 Å². The van der Waals surface area contributed by atoms with Crippen LogP contribution in [0.5, 0.6) is 0 Å². The topological polar surface area (TPSA) is 69.4 Å². The van der Waals surface area contributed by atoms with E-state index in [0.717, 1.165) is 28.7 Å². The molecule has 0 spiro atoms. The molecule has 4 rings (SSSR count). The van der Waals surface area contributed by atoms with Crippen molar-refractivity contribution in [3.8, 4) is 0 Å². The lowest BCUT2D eigenvalue weighted by atomic mass is 9.72.